The quantitative estimate of drug-likeness (QED) is 0.687. The van der Waals surface area contributed by atoms with Gasteiger partial charge in [-0.1, -0.05) is 24.4 Å². The molecule has 1 aliphatic rings. The molecule has 0 radical (unpaired) electrons. The van der Waals surface area contributed by atoms with Crippen LogP contribution in [-0.2, 0) is 6.42 Å². The highest BCUT2D eigenvalue weighted by Crippen LogP contribution is 2.39. The number of nitrogens with zero attached hydrogens (tertiary/aromatic N) is 1. The number of hydrogen-bond acceptors (Lipinski definition) is 3. The van der Waals surface area contributed by atoms with E-state index in [0.717, 1.165) is 40.4 Å². The molecule has 0 aliphatic carbocycles. The zero-order valence-corrected chi connectivity index (χ0v) is 13.2. The molecule has 2 nitrogen and oxygen atoms in total. The van der Waals surface area contributed by atoms with Gasteiger partial charge in [-0.05, 0) is 42.5 Å². The minimum atomic E-state index is -0.224. The van der Waals surface area contributed by atoms with Gasteiger partial charge >= 0.3 is 0 Å². The molecule has 3 rings (SSSR count). The van der Waals surface area contributed by atoms with Crippen molar-refractivity contribution < 1.29 is 4.39 Å². The molecule has 0 saturated carbocycles. The Labute approximate surface area is 133 Å². The molecular weight excluding hydrogens is 303 g/mol. The van der Waals surface area contributed by atoms with Crippen LogP contribution in [0.25, 0.3) is 0 Å². The van der Waals surface area contributed by atoms with E-state index in [9.17, 15) is 4.39 Å². The Balaban J connectivity index is 2.16. The molecule has 0 unspecified atom stereocenters. The number of rotatable bonds is 3. The highest BCUT2D eigenvalue weighted by Gasteiger charge is 2.24. The van der Waals surface area contributed by atoms with Crippen LogP contribution in [0.5, 0.6) is 0 Å². The smallest absolute Gasteiger partial charge is 0.125 e. The third-order valence-electron chi connectivity index (χ3n) is 3.70. The number of fused-ring (bicyclic) bond motifs is 1. The van der Waals surface area contributed by atoms with Crippen molar-refractivity contribution in [1.29, 1.82) is 0 Å². The average Bonchev–Trinajstić information content (AvgIpc) is 2.89. The number of hydrogen-bond donors (Lipinski definition) is 1. The summed E-state index contributed by atoms with van der Waals surface area (Å²) in [5, 5.41) is 0. The summed E-state index contributed by atoms with van der Waals surface area (Å²) >= 11 is 6.84. The van der Waals surface area contributed by atoms with E-state index in [-0.39, 0.29) is 5.82 Å². The Morgan fingerprint density at radius 3 is 2.81 bits per heavy atom. The van der Waals surface area contributed by atoms with Gasteiger partial charge in [0.1, 0.15) is 10.8 Å². The molecule has 21 heavy (non-hydrogen) atoms. The number of thioether (sulfide) groups is 1. The molecule has 0 fully saturated rings. The van der Waals surface area contributed by atoms with Gasteiger partial charge in [-0.2, -0.15) is 0 Å². The molecule has 0 atom stereocenters. The number of nitrogens with two attached hydrogens (primary N) is 1. The highest BCUT2D eigenvalue weighted by molar-refractivity contribution is 7.98. The van der Waals surface area contributed by atoms with Crippen LogP contribution in [0.4, 0.5) is 15.8 Å². The SMILES string of the molecule is CSc1cccc(N2CCc3ccc(F)cc32)c1C(N)=S. The summed E-state index contributed by atoms with van der Waals surface area (Å²) in [5.74, 6) is -0.224. The van der Waals surface area contributed by atoms with Gasteiger partial charge in [0, 0.05) is 22.7 Å². The first-order valence-electron chi connectivity index (χ1n) is 6.64. The summed E-state index contributed by atoms with van der Waals surface area (Å²) in [7, 11) is 0. The van der Waals surface area contributed by atoms with Crippen LogP contribution in [0.3, 0.4) is 0 Å². The van der Waals surface area contributed by atoms with E-state index in [2.05, 4.69) is 4.90 Å². The molecule has 5 heteroatoms. The predicted molar refractivity (Wildman–Crippen MR) is 91.2 cm³/mol. The number of anilines is 2. The maximum Gasteiger partial charge on any atom is 0.125 e. The second-order valence-electron chi connectivity index (χ2n) is 4.89. The van der Waals surface area contributed by atoms with Crippen molar-refractivity contribution in [3.63, 3.8) is 0 Å². The fourth-order valence-corrected chi connectivity index (χ4v) is 3.68. The Morgan fingerprint density at radius 1 is 1.29 bits per heavy atom. The van der Waals surface area contributed by atoms with Gasteiger partial charge < -0.3 is 10.6 Å². The third kappa shape index (κ3) is 2.51. The summed E-state index contributed by atoms with van der Waals surface area (Å²) in [5.41, 5.74) is 9.82. The summed E-state index contributed by atoms with van der Waals surface area (Å²) < 4.78 is 13.6. The van der Waals surface area contributed by atoms with Gasteiger partial charge in [0.15, 0.2) is 0 Å². The number of benzene rings is 2. The first-order valence-corrected chi connectivity index (χ1v) is 8.28. The lowest BCUT2D eigenvalue weighted by atomic mass is 10.1. The van der Waals surface area contributed by atoms with Crippen LogP contribution in [0, 0.1) is 5.82 Å². The molecule has 2 aromatic carbocycles. The van der Waals surface area contributed by atoms with E-state index in [1.165, 1.54) is 6.07 Å². The summed E-state index contributed by atoms with van der Waals surface area (Å²) in [6, 6.07) is 10.9. The van der Waals surface area contributed by atoms with Crippen molar-refractivity contribution in [3.8, 4) is 0 Å². The molecule has 0 spiro atoms. The van der Waals surface area contributed by atoms with Crippen LogP contribution in [-0.4, -0.2) is 17.8 Å². The number of thiocarbonyl (C=S) groups is 1. The molecule has 2 aromatic rings. The van der Waals surface area contributed by atoms with Gasteiger partial charge in [0.05, 0.1) is 5.69 Å². The maximum atomic E-state index is 13.6. The Hall–Kier alpha value is -1.59. The molecular formula is C16H15FN2S2. The van der Waals surface area contributed by atoms with Crippen LogP contribution < -0.4 is 10.6 Å². The molecule has 108 valence electrons. The van der Waals surface area contributed by atoms with Crippen molar-refractivity contribution in [1.82, 2.24) is 0 Å². The Bertz CT molecular complexity index is 715. The standard InChI is InChI=1S/C16H15FN2S2/c1-21-14-4-2-3-12(15(14)16(18)20)19-8-7-10-5-6-11(17)9-13(10)19/h2-6,9H,7-8H2,1H3,(H2,18,20). The molecule has 0 saturated heterocycles. The van der Waals surface area contributed by atoms with E-state index in [1.807, 2.05) is 30.5 Å². The lowest BCUT2D eigenvalue weighted by Crippen LogP contribution is -2.20. The fourth-order valence-electron chi connectivity index (χ4n) is 2.76. The lowest BCUT2D eigenvalue weighted by molar-refractivity contribution is 0.628. The minimum Gasteiger partial charge on any atom is -0.389 e. The predicted octanol–water partition coefficient (Wildman–Crippen LogP) is 3.88. The first kappa shape index (κ1) is 14.4. The van der Waals surface area contributed by atoms with Gasteiger partial charge in [-0.15, -0.1) is 11.8 Å². The third-order valence-corrected chi connectivity index (χ3v) is 4.69. The van der Waals surface area contributed by atoms with E-state index in [4.69, 9.17) is 18.0 Å². The largest absolute Gasteiger partial charge is 0.389 e. The van der Waals surface area contributed by atoms with Crippen LogP contribution in [0.1, 0.15) is 11.1 Å². The zero-order chi connectivity index (χ0) is 15.0. The molecule has 0 bridgehead atoms. The molecule has 0 aromatic heterocycles. The molecule has 1 heterocycles. The Morgan fingerprint density at radius 2 is 2.10 bits per heavy atom. The van der Waals surface area contributed by atoms with Crippen molar-refractivity contribution in [2.75, 3.05) is 17.7 Å². The highest BCUT2D eigenvalue weighted by atomic mass is 32.2. The zero-order valence-electron chi connectivity index (χ0n) is 11.6. The number of halogens is 1. The van der Waals surface area contributed by atoms with E-state index in [1.54, 1.807) is 17.8 Å². The minimum absolute atomic E-state index is 0.224. The average molecular weight is 318 g/mol. The van der Waals surface area contributed by atoms with Crippen LogP contribution in [0.2, 0.25) is 0 Å². The Kier molecular flexibility index (Phi) is 3.87. The van der Waals surface area contributed by atoms with Gasteiger partial charge in [0.25, 0.3) is 0 Å². The van der Waals surface area contributed by atoms with E-state index < -0.39 is 0 Å². The monoisotopic (exact) mass is 318 g/mol. The first-order chi connectivity index (χ1) is 10.1. The van der Waals surface area contributed by atoms with E-state index >= 15 is 0 Å². The topological polar surface area (TPSA) is 29.3 Å². The second-order valence-corrected chi connectivity index (χ2v) is 6.18. The summed E-state index contributed by atoms with van der Waals surface area (Å²) in [6.07, 6.45) is 2.90. The summed E-state index contributed by atoms with van der Waals surface area (Å²) in [4.78, 5) is 3.52. The second kappa shape index (κ2) is 5.66. The van der Waals surface area contributed by atoms with Crippen molar-refractivity contribution in [2.24, 2.45) is 5.73 Å². The summed E-state index contributed by atoms with van der Waals surface area (Å²) in [6.45, 7) is 0.812. The van der Waals surface area contributed by atoms with Crippen molar-refractivity contribution in [3.05, 3.63) is 53.3 Å². The van der Waals surface area contributed by atoms with Crippen LogP contribution in [0.15, 0.2) is 41.3 Å². The van der Waals surface area contributed by atoms with E-state index in [0.29, 0.717) is 4.99 Å². The molecule has 0 amide bonds. The van der Waals surface area contributed by atoms with Crippen LogP contribution >= 0.6 is 24.0 Å². The normalized spacial score (nSPS) is 13.3. The maximum absolute atomic E-state index is 13.6. The van der Waals surface area contributed by atoms with Crippen molar-refractivity contribution >= 4 is 40.3 Å². The fraction of sp³-hybridized carbons (Fsp3) is 0.188. The van der Waals surface area contributed by atoms with Crippen molar-refractivity contribution in [2.45, 2.75) is 11.3 Å². The van der Waals surface area contributed by atoms with Gasteiger partial charge in [-0.3, -0.25) is 0 Å². The molecule has 2 N–H and O–H groups in total. The van der Waals surface area contributed by atoms with Gasteiger partial charge in [0.2, 0.25) is 0 Å². The lowest BCUT2D eigenvalue weighted by Gasteiger charge is -2.24. The van der Waals surface area contributed by atoms with Gasteiger partial charge in [-0.25, -0.2) is 4.39 Å². The molecule has 1 aliphatic heterocycles.